The Morgan fingerprint density at radius 2 is 1.79 bits per heavy atom. The lowest BCUT2D eigenvalue weighted by Crippen LogP contribution is -2.43. The van der Waals surface area contributed by atoms with Gasteiger partial charge < -0.3 is 19.5 Å². The second kappa shape index (κ2) is 8.43. The Morgan fingerprint density at radius 3 is 2.45 bits per heavy atom. The zero-order chi connectivity index (χ0) is 20.3. The highest BCUT2D eigenvalue weighted by Crippen LogP contribution is 2.33. The molecule has 0 saturated carbocycles. The van der Waals surface area contributed by atoms with Gasteiger partial charge in [-0.1, -0.05) is 30.3 Å². The molecular weight excluding hydrogens is 368 g/mol. The fourth-order valence-electron chi connectivity index (χ4n) is 4.16. The van der Waals surface area contributed by atoms with Crippen molar-refractivity contribution in [3.05, 3.63) is 60.2 Å². The van der Waals surface area contributed by atoms with Crippen LogP contribution in [-0.2, 0) is 10.3 Å². The van der Waals surface area contributed by atoms with Gasteiger partial charge in [0.2, 0.25) is 0 Å². The predicted molar refractivity (Wildman–Crippen MR) is 111 cm³/mol. The number of ether oxygens (including phenoxy) is 2. The number of anilines is 1. The maximum Gasteiger partial charge on any atom is 0.414 e. The van der Waals surface area contributed by atoms with Gasteiger partial charge in [0, 0.05) is 25.3 Å². The van der Waals surface area contributed by atoms with Gasteiger partial charge in [-0.2, -0.15) is 0 Å². The Morgan fingerprint density at radius 1 is 1.10 bits per heavy atom. The number of piperidine rings is 1. The third-order valence-corrected chi connectivity index (χ3v) is 6.02. The summed E-state index contributed by atoms with van der Waals surface area (Å²) in [4.78, 5) is 16.3. The van der Waals surface area contributed by atoms with Gasteiger partial charge in [-0.05, 0) is 49.1 Å². The quantitative estimate of drug-likeness (QED) is 0.811. The van der Waals surface area contributed by atoms with Crippen LogP contribution < -0.4 is 9.64 Å². The number of aliphatic hydroxyl groups is 1. The maximum absolute atomic E-state index is 12.3. The van der Waals surface area contributed by atoms with Crippen molar-refractivity contribution in [2.24, 2.45) is 0 Å². The Labute approximate surface area is 171 Å². The average molecular weight is 396 g/mol. The summed E-state index contributed by atoms with van der Waals surface area (Å²) >= 11 is 0. The first-order chi connectivity index (χ1) is 14.1. The molecule has 2 heterocycles. The van der Waals surface area contributed by atoms with Crippen molar-refractivity contribution in [1.82, 2.24) is 4.90 Å². The highest BCUT2D eigenvalue weighted by atomic mass is 16.6. The van der Waals surface area contributed by atoms with Crippen LogP contribution in [0.2, 0.25) is 0 Å². The van der Waals surface area contributed by atoms with Crippen LogP contribution in [0.5, 0.6) is 5.75 Å². The van der Waals surface area contributed by atoms with Gasteiger partial charge in [-0.15, -0.1) is 0 Å². The summed E-state index contributed by atoms with van der Waals surface area (Å²) in [6.45, 7) is 3.11. The molecular formula is C23H28N2O4. The number of hydrogen-bond acceptors (Lipinski definition) is 5. The van der Waals surface area contributed by atoms with Gasteiger partial charge in [0.05, 0.1) is 19.3 Å². The number of amides is 1. The van der Waals surface area contributed by atoms with Gasteiger partial charge in [-0.3, -0.25) is 4.90 Å². The molecule has 29 heavy (non-hydrogen) atoms. The second-order valence-electron chi connectivity index (χ2n) is 7.84. The number of likely N-dealkylation sites (tertiary alicyclic amines) is 1. The number of carbonyl (C=O) groups excluding carboxylic acids is 1. The van der Waals surface area contributed by atoms with E-state index >= 15 is 0 Å². The minimum Gasteiger partial charge on any atom is -0.497 e. The molecule has 0 bridgehead atoms. The number of nitrogens with zero attached hydrogens (tertiary/aromatic N) is 2. The summed E-state index contributed by atoms with van der Waals surface area (Å²) in [6.07, 6.45) is 1.83. The number of cyclic esters (lactones) is 1. The molecule has 0 aromatic heterocycles. The summed E-state index contributed by atoms with van der Waals surface area (Å²) in [6, 6.07) is 17.4. The largest absolute Gasteiger partial charge is 0.497 e. The van der Waals surface area contributed by atoms with E-state index in [1.807, 2.05) is 54.6 Å². The number of rotatable bonds is 6. The predicted octanol–water partition coefficient (Wildman–Crippen LogP) is 3.39. The third kappa shape index (κ3) is 4.38. The fraction of sp³-hybridized carbons (Fsp3) is 0.435. The van der Waals surface area contributed by atoms with E-state index in [0.29, 0.717) is 6.54 Å². The summed E-state index contributed by atoms with van der Waals surface area (Å²) in [5, 5.41) is 11.0. The van der Waals surface area contributed by atoms with Crippen LogP contribution in [0.25, 0.3) is 0 Å². The molecule has 6 heteroatoms. The first kappa shape index (κ1) is 19.7. The van der Waals surface area contributed by atoms with Crippen LogP contribution in [-0.4, -0.2) is 55.5 Å². The molecule has 2 aromatic carbocycles. The summed E-state index contributed by atoms with van der Waals surface area (Å²) in [5.74, 6) is 0.762. The molecule has 1 unspecified atom stereocenters. The standard InChI is InChI=1S/C23H28N2O4/c1-28-20-9-7-19(8-10-20)25-17-21(29-22(25)26)11-14-24-15-12-23(27,13-16-24)18-5-3-2-4-6-18/h2-10,21,27H,11-17H2,1H3. The highest BCUT2D eigenvalue weighted by molar-refractivity contribution is 5.89. The Bertz CT molecular complexity index is 817. The smallest absolute Gasteiger partial charge is 0.414 e. The SMILES string of the molecule is COc1ccc(N2CC(CCN3CCC(O)(c4ccccc4)CC3)OC2=O)cc1. The van der Waals surface area contributed by atoms with Crippen molar-refractivity contribution in [2.45, 2.75) is 31.0 Å². The first-order valence-electron chi connectivity index (χ1n) is 10.2. The molecule has 4 rings (SSSR count). The molecule has 0 radical (unpaired) electrons. The van der Waals surface area contributed by atoms with Crippen LogP contribution in [0.1, 0.15) is 24.8 Å². The topological polar surface area (TPSA) is 62.2 Å². The lowest BCUT2D eigenvalue weighted by molar-refractivity contribution is -0.0275. The fourth-order valence-corrected chi connectivity index (χ4v) is 4.16. The molecule has 2 aromatic rings. The molecule has 2 saturated heterocycles. The van der Waals surface area contributed by atoms with Crippen molar-refractivity contribution < 1.29 is 19.4 Å². The van der Waals surface area contributed by atoms with Crippen LogP contribution in [0, 0.1) is 0 Å². The number of methoxy groups -OCH3 is 1. The maximum atomic E-state index is 12.3. The molecule has 2 fully saturated rings. The monoisotopic (exact) mass is 396 g/mol. The van der Waals surface area contributed by atoms with Gasteiger partial charge >= 0.3 is 6.09 Å². The molecule has 1 N–H and O–H groups in total. The van der Waals surface area contributed by atoms with Crippen LogP contribution in [0.3, 0.4) is 0 Å². The molecule has 6 nitrogen and oxygen atoms in total. The summed E-state index contributed by atoms with van der Waals surface area (Å²) in [5.41, 5.74) is 1.09. The minimum atomic E-state index is -0.733. The third-order valence-electron chi connectivity index (χ3n) is 6.02. The van der Waals surface area contributed by atoms with Crippen molar-refractivity contribution in [2.75, 3.05) is 38.2 Å². The van der Waals surface area contributed by atoms with E-state index in [2.05, 4.69) is 4.90 Å². The first-order valence-corrected chi connectivity index (χ1v) is 10.2. The van der Waals surface area contributed by atoms with E-state index in [4.69, 9.17) is 9.47 Å². The molecule has 0 aliphatic carbocycles. The Hall–Kier alpha value is -2.57. The molecule has 1 amide bonds. The zero-order valence-corrected chi connectivity index (χ0v) is 16.8. The van der Waals surface area contributed by atoms with E-state index in [9.17, 15) is 9.90 Å². The van der Waals surface area contributed by atoms with Gasteiger partial charge in [0.25, 0.3) is 0 Å². The normalized spacial score (nSPS) is 21.8. The van der Waals surface area contributed by atoms with E-state index in [0.717, 1.165) is 55.9 Å². The van der Waals surface area contributed by atoms with Crippen LogP contribution in [0.15, 0.2) is 54.6 Å². The Kier molecular flexibility index (Phi) is 5.74. The van der Waals surface area contributed by atoms with Gasteiger partial charge in [0.1, 0.15) is 11.9 Å². The van der Waals surface area contributed by atoms with Crippen molar-refractivity contribution in [3.63, 3.8) is 0 Å². The van der Waals surface area contributed by atoms with Gasteiger partial charge in [-0.25, -0.2) is 4.79 Å². The lowest BCUT2D eigenvalue weighted by atomic mass is 9.84. The van der Waals surface area contributed by atoms with Crippen molar-refractivity contribution >= 4 is 11.8 Å². The second-order valence-corrected chi connectivity index (χ2v) is 7.84. The molecule has 2 aliphatic rings. The summed E-state index contributed by atoms with van der Waals surface area (Å²) < 4.78 is 10.7. The lowest BCUT2D eigenvalue weighted by Gasteiger charge is -2.38. The van der Waals surface area contributed by atoms with Gasteiger partial charge in [0.15, 0.2) is 0 Å². The number of hydrogen-bond donors (Lipinski definition) is 1. The molecule has 0 spiro atoms. The molecule has 2 aliphatic heterocycles. The average Bonchev–Trinajstić information content (AvgIpc) is 3.14. The van der Waals surface area contributed by atoms with E-state index < -0.39 is 5.60 Å². The van der Waals surface area contributed by atoms with E-state index in [-0.39, 0.29) is 12.2 Å². The van der Waals surface area contributed by atoms with E-state index in [1.54, 1.807) is 12.0 Å². The van der Waals surface area contributed by atoms with Crippen molar-refractivity contribution in [3.8, 4) is 5.75 Å². The number of carbonyl (C=O) groups is 1. The van der Waals surface area contributed by atoms with Crippen molar-refractivity contribution in [1.29, 1.82) is 0 Å². The van der Waals surface area contributed by atoms with Crippen LogP contribution >= 0.6 is 0 Å². The Balaban J connectivity index is 1.26. The minimum absolute atomic E-state index is 0.112. The molecule has 1 atom stereocenters. The number of benzene rings is 2. The summed E-state index contributed by atoms with van der Waals surface area (Å²) in [7, 11) is 1.62. The zero-order valence-electron chi connectivity index (χ0n) is 16.8. The van der Waals surface area contributed by atoms with E-state index in [1.165, 1.54) is 0 Å². The van der Waals surface area contributed by atoms with Crippen LogP contribution in [0.4, 0.5) is 10.5 Å². The highest BCUT2D eigenvalue weighted by Gasteiger charge is 2.35. The molecule has 154 valence electrons.